The molecule has 0 bridgehead atoms. The lowest BCUT2D eigenvalue weighted by Gasteiger charge is -2.07. The molecule has 5 nitrogen and oxygen atoms in total. The maximum atomic E-state index is 5.53. The summed E-state index contributed by atoms with van der Waals surface area (Å²) in [4.78, 5) is 0. The maximum Gasteiger partial charge on any atom is 0.148 e. The highest BCUT2D eigenvalue weighted by molar-refractivity contribution is 7.98. The number of hydrogen-bond acceptors (Lipinski definition) is 7. The number of nitrogens with two attached hydrogens (primary N) is 1. The molecule has 1 aliphatic heterocycles. The first-order chi connectivity index (χ1) is 7.40. The molecule has 1 fully saturated rings. The minimum absolute atomic E-state index is 0.427. The van der Waals surface area contributed by atoms with Crippen molar-refractivity contribution in [3.8, 4) is 0 Å². The summed E-state index contributed by atoms with van der Waals surface area (Å²) in [7, 11) is 0. The molecule has 15 heavy (non-hydrogen) atoms. The SMILES string of the molecule is NNc1snnc1CSCC1CCCO1. The van der Waals surface area contributed by atoms with Crippen molar-refractivity contribution in [1.82, 2.24) is 9.59 Å². The Balaban J connectivity index is 1.73. The zero-order valence-electron chi connectivity index (χ0n) is 8.31. The number of nitrogens with one attached hydrogen (secondary N) is 1. The fourth-order valence-electron chi connectivity index (χ4n) is 1.48. The van der Waals surface area contributed by atoms with Gasteiger partial charge in [0.1, 0.15) is 10.7 Å². The van der Waals surface area contributed by atoms with Crippen LogP contribution in [-0.4, -0.2) is 28.1 Å². The molecule has 2 heterocycles. The Labute approximate surface area is 96.9 Å². The van der Waals surface area contributed by atoms with Crippen molar-refractivity contribution in [1.29, 1.82) is 0 Å². The molecular formula is C8H14N4OS2. The number of nitrogen functional groups attached to an aromatic ring is 1. The molecule has 1 atom stereocenters. The number of ether oxygens (including phenoxy) is 1. The van der Waals surface area contributed by atoms with Gasteiger partial charge in [-0.3, -0.25) is 0 Å². The second-order valence-corrected chi connectivity index (χ2v) is 5.13. The van der Waals surface area contributed by atoms with Gasteiger partial charge in [0.15, 0.2) is 0 Å². The Morgan fingerprint density at radius 3 is 3.33 bits per heavy atom. The molecule has 3 N–H and O–H groups in total. The van der Waals surface area contributed by atoms with Gasteiger partial charge in [-0.2, -0.15) is 11.8 Å². The average Bonchev–Trinajstić information content (AvgIpc) is 2.88. The number of rotatable bonds is 5. The van der Waals surface area contributed by atoms with Crippen LogP contribution < -0.4 is 11.3 Å². The Hall–Kier alpha value is -0.370. The Bertz CT molecular complexity index is 301. The number of hydrazine groups is 1. The van der Waals surface area contributed by atoms with Crippen LogP contribution in [0, 0.1) is 0 Å². The summed E-state index contributed by atoms with van der Waals surface area (Å²) in [6, 6.07) is 0. The number of thioether (sulfide) groups is 1. The van der Waals surface area contributed by atoms with Crippen molar-refractivity contribution < 1.29 is 4.74 Å². The van der Waals surface area contributed by atoms with E-state index in [2.05, 4.69) is 15.0 Å². The molecule has 1 saturated heterocycles. The summed E-state index contributed by atoms with van der Waals surface area (Å²) >= 11 is 3.11. The van der Waals surface area contributed by atoms with Gasteiger partial charge in [0.2, 0.25) is 0 Å². The van der Waals surface area contributed by atoms with E-state index in [0.29, 0.717) is 6.10 Å². The molecule has 0 aromatic carbocycles. The van der Waals surface area contributed by atoms with Crippen LogP contribution in [0.3, 0.4) is 0 Å². The highest BCUT2D eigenvalue weighted by Gasteiger charge is 2.15. The Kier molecular flexibility index (Phi) is 4.18. The molecule has 84 valence electrons. The number of anilines is 1. The van der Waals surface area contributed by atoms with Gasteiger partial charge in [0.25, 0.3) is 0 Å². The first-order valence-electron chi connectivity index (χ1n) is 4.87. The normalized spacial score (nSPS) is 20.7. The van der Waals surface area contributed by atoms with E-state index in [1.165, 1.54) is 24.4 Å². The van der Waals surface area contributed by atoms with Gasteiger partial charge in [-0.1, -0.05) is 4.49 Å². The summed E-state index contributed by atoms with van der Waals surface area (Å²) in [5.74, 6) is 7.21. The lowest BCUT2D eigenvalue weighted by Crippen LogP contribution is -2.09. The molecule has 2 rings (SSSR count). The summed E-state index contributed by atoms with van der Waals surface area (Å²) < 4.78 is 9.38. The van der Waals surface area contributed by atoms with Crippen LogP contribution in [0.4, 0.5) is 5.00 Å². The molecule has 0 saturated carbocycles. The van der Waals surface area contributed by atoms with Crippen LogP contribution in [0.5, 0.6) is 0 Å². The molecule has 1 aliphatic rings. The summed E-state index contributed by atoms with van der Waals surface area (Å²) in [6.07, 6.45) is 2.81. The zero-order chi connectivity index (χ0) is 10.5. The van der Waals surface area contributed by atoms with Gasteiger partial charge in [0.05, 0.1) is 6.10 Å². The smallest absolute Gasteiger partial charge is 0.148 e. The third kappa shape index (κ3) is 3.04. The van der Waals surface area contributed by atoms with Crippen LogP contribution in [0.2, 0.25) is 0 Å². The van der Waals surface area contributed by atoms with Gasteiger partial charge < -0.3 is 10.2 Å². The first-order valence-corrected chi connectivity index (χ1v) is 6.80. The molecule has 0 aliphatic carbocycles. The van der Waals surface area contributed by atoms with E-state index in [1.807, 2.05) is 11.8 Å². The Morgan fingerprint density at radius 1 is 1.67 bits per heavy atom. The van der Waals surface area contributed by atoms with E-state index in [1.54, 1.807) is 0 Å². The zero-order valence-corrected chi connectivity index (χ0v) is 9.94. The monoisotopic (exact) mass is 246 g/mol. The number of hydrogen-bond donors (Lipinski definition) is 2. The van der Waals surface area contributed by atoms with Crippen LogP contribution in [0.1, 0.15) is 18.5 Å². The van der Waals surface area contributed by atoms with Gasteiger partial charge in [-0.05, 0) is 12.8 Å². The van der Waals surface area contributed by atoms with Crippen LogP contribution >= 0.6 is 23.3 Å². The van der Waals surface area contributed by atoms with E-state index in [-0.39, 0.29) is 0 Å². The topological polar surface area (TPSA) is 73.1 Å². The van der Waals surface area contributed by atoms with Crippen molar-refractivity contribution in [3.05, 3.63) is 5.69 Å². The number of aromatic nitrogens is 2. The summed E-state index contributed by atoms with van der Waals surface area (Å²) in [5, 5.41) is 4.87. The van der Waals surface area contributed by atoms with Crippen LogP contribution in [0.15, 0.2) is 0 Å². The molecule has 0 amide bonds. The molecule has 1 aromatic heterocycles. The predicted octanol–water partition coefficient (Wildman–Crippen LogP) is 1.24. The van der Waals surface area contributed by atoms with E-state index >= 15 is 0 Å². The number of nitrogens with zero attached hydrogens (tertiary/aromatic N) is 2. The minimum atomic E-state index is 0.427. The molecule has 7 heteroatoms. The first kappa shape index (κ1) is 11.1. The molecule has 1 aromatic rings. The largest absolute Gasteiger partial charge is 0.377 e. The minimum Gasteiger partial charge on any atom is -0.377 e. The van der Waals surface area contributed by atoms with Crippen molar-refractivity contribution in [3.63, 3.8) is 0 Å². The van der Waals surface area contributed by atoms with E-state index < -0.39 is 0 Å². The molecule has 1 unspecified atom stereocenters. The van der Waals surface area contributed by atoms with Crippen molar-refractivity contribution in [2.75, 3.05) is 17.8 Å². The Morgan fingerprint density at radius 2 is 2.60 bits per heavy atom. The molecular weight excluding hydrogens is 232 g/mol. The van der Waals surface area contributed by atoms with Crippen molar-refractivity contribution in [2.45, 2.75) is 24.7 Å². The summed E-state index contributed by atoms with van der Waals surface area (Å²) in [5.41, 5.74) is 3.54. The van der Waals surface area contributed by atoms with Crippen LogP contribution in [-0.2, 0) is 10.5 Å². The van der Waals surface area contributed by atoms with Crippen LogP contribution in [0.25, 0.3) is 0 Å². The highest BCUT2D eigenvalue weighted by atomic mass is 32.2. The molecule has 0 radical (unpaired) electrons. The fourth-order valence-corrected chi connectivity index (χ4v) is 3.10. The molecule has 0 spiro atoms. The van der Waals surface area contributed by atoms with E-state index in [9.17, 15) is 0 Å². The van der Waals surface area contributed by atoms with E-state index in [0.717, 1.165) is 28.8 Å². The van der Waals surface area contributed by atoms with Gasteiger partial charge in [0, 0.05) is 29.6 Å². The second-order valence-electron chi connectivity index (χ2n) is 3.34. The summed E-state index contributed by atoms with van der Waals surface area (Å²) in [6.45, 7) is 0.916. The third-order valence-electron chi connectivity index (χ3n) is 2.25. The van der Waals surface area contributed by atoms with Gasteiger partial charge in [-0.25, -0.2) is 5.84 Å². The lowest BCUT2D eigenvalue weighted by molar-refractivity contribution is 0.129. The lowest BCUT2D eigenvalue weighted by atomic mass is 10.3. The average molecular weight is 246 g/mol. The van der Waals surface area contributed by atoms with Gasteiger partial charge in [-0.15, -0.1) is 5.10 Å². The maximum absolute atomic E-state index is 5.53. The second kappa shape index (κ2) is 5.64. The third-order valence-corrected chi connectivity index (χ3v) is 4.04. The highest BCUT2D eigenvalue weighted by Crippen LogP contribution is 2.24. The standard InChI is InChI=1S/C8H14N4OS2/c9-10-8-7(11-12-15-8)5-14-4-6-2-1-3-13-6/h6,10H,1-5,9H2. The van der Waals surface area contributed by atoms with Crippen molar-refractivity contribution >= 4 is 28.3 Å². The quantitative estimate of drug-likeness (QED) is 0.601. The fraction of sp³-hybridized carbons (Fsp3) is 0.750. The van der Waals surface area contributed by atoms with Crippen molar-refractivity contribution in [2.24, 2.45) is 5.84 Å². The predicted molar refractivity (Wildman–Crippen MR) is 62.9 cm³/mol. The van der Waals surface area contributed by atoms with Gasteiger partial charge >= 0.3 is 0 Å². The van der Waals surface area contributed by atoms with E-state index in [4.69, 9.17) is 10.6 Å².